The van der Waals surface area contributed by atoms with Crippen LogP contribution >= 0.6 is 11.3 Å². The van der Waals surface area contributed by atoms with Gasteiger partial charge in [0.15, 0.2) is 6.61 Å². The molecule has 2 aromatic heterocycles. The number of hydrogen-bond donors (Lipinski definition) is 1. The van der Waals surface area contributed by atoms with Crippen LogP contribution in [0.25, 0.3) is 0 Å². The maximum Gasteiger partial charge on any atom is 0.422 e. The summed E-state index contributed by atoms with van der Waals surface area (Å²) >= 11 is 1.25. The molecule has 0 radical (unpaired) electrons. The Morgan fingerprint density at radius 3 is 2.46 bits per heavy atom. The monoisotopic (exact) mass is 537 g/mol. The topological polar surface area (TPSA) is 80.2 Å². The Hall–Kier alpha value is -2.27. The van der Waals surface area contributed by atoms with E-state index in [-0.39, 0.29) is 16.6 Å². The van der Waals surface area contributed by atoms with Crippen LogP contribution in [0.1, 0.15) is 66.9 Å². The third kappa shape index (κ3) is 6.60. The van der Waals surface area contributed by atoms with E-state index in [1.807, 2.05) is 6.92 Å². The second-order valence-electron chi connectivity index (χ2n) is 11.0. The second kappa shape index (κ2) is 10.5. The van der Waals surface area contributed by atoms with Gasteiger partial charge < -0.3 is 15.0 Å². The third-order valence-corrected chi connectivity index (χ3v) is 9.47. The fourth-order valence-electron chi connectivity index (χ4n) is 6.07. The van der Waals surface area contributed by atoms with Crippen LogP contribution in [-0.4, -0.2) is 63.7 Å². The van der Waals surface area contributed by atoms with E-state index in [9.17, 15) is 18.0 Å². The first-order valence-corrected chi connectivity index (χ1v) is 13.9. The van der Waals surface area contributed by atoms with Gasteiger partial charge >= 0.3 is 6.18 Å². The summed E-state index contributed by atoms with van der Waals surface area (Å²) in [7, 11) is 0. The molecular weight excluding hydrogens is 503 g/mol. The summed E-state index contributed by atoms with van der Waals surface area (Å²) in [6, 6.07) is 0. The first-order chi connectivity index (χ1) is 17.6. The van der Waals surface area contributed by atoms with Gasteiger partial charge in [0.25, 0.3) is 5.19 Å². The van der Waals surface area contributed by atoms with Crippen molar-refractivity contribution in [3.8, 4) is 5.19 Å². The number of amides is 1. The number of aryl methyl sites for hydroxylation is 1. The average Bonchev–Trinajstić information content (AvgIpc) is 3.16. The van der Waals surface area contributed by atoms with Crippen LogP contribution in [0.2, 0.25) is 0 Å². The van der Waals surface area contributed by atoms with Gasteiger partial charge in [-0.2, -0.15) is 13.2 Å². The SMILES string of the molecule is Cc1ncc(CC(=O)NC23CCC(CCN4CCc5nc(OCC(F)(F)F)sc5CC4)(CC2)CC3)cn1. The minimum absolute atomic E-state index is 0.0551. The van der Waals surface area contributed by atoms with E-state index in [1.165, 1.54) is 11.3 Å². The summed E-state index contributed by atoms with van der Waals surface area (Å²) in [6.07, 6.45) is 8.65. The van der Waals surface area contributed by atoms with Crippen LogP contribution in [0.4, 0.5) is 13.2 Å². The highest BCUT2D eigenvalue weighted by Gasteiger charge is 2.49. The molecule has 6 rings (SSSR count). The average molecular weight is 538 g/mol. The molecule has 1 amide bonds. The molecule has 4 aliphatic rings. The summed E-state index contributed by atoms with van der Waals surface area (Å²) in [5.41, 5.74) is 2.01. The minimum Gasteiger partial charge on any atom is -0.460 e. The molecule has 1 aliphatic heterocycles. The van der Waals surface area contributed by atoms with Gasteiger partial charge in [-0.1, -0.05) is 11.3 Å². The van der Waals surface area contributed by atoms with Gasteiger partial charge in [0.1, 0.15) is 5.82 Å². The Morgan fingerprint density at radius 2 is 1.78 bits per heavy atom. The predicted octanol–water partition coefficient (Wildman–Crippen LogP) is 4.43. The first kappa shape index (κ1) is 26.3. The van der Waals surface area contributed by atoms with Crippen molar-refractivity contribution < 1.29 is 22.7 Å². The normalized spacial score (nSPS) is 25.9. The summed E-state index contributed by atoms with van der Waals surface area (Å²) < 4.78 is 42.2. The Labute approximate surface area is 219 Å². The number of hydrogen-bond acceptors (Lipinski definition) is 7. The van der Waals surface area contributed by atoms with Gasteiger partial charge in [-0.25, -0.2) is 15.0 Å². The second-order valence-corrected chi connectivity index (χ2v) is 12.0. The zero-order valence-corrected chi connectivity index (χ0v) is 22.0. The lowest BCUT2D eigenvalue weighted by Gasteiger charge is -2.54. The van der Waals surface area contributed by atoms with Crippen molar-refractivity contribution >= 4 is 17.2 Å². The zero-order chi connectivity index (χ0) is 26.1. The Kier molecular flexibility index (Phi) is 7.46. The summed E-state index contributed by atoms with van der Waals surface area (Å²) in [6.45, 7) is 3.33. The number of aromatic nitrogens is 3. The Balaban J connectivity index is 1.07. The van der Waals surface area contributed by atoms with Crippen LogP contribution in [0.5, 0.6) is 5.19 Å². The molecule has 3 heterocycles. The lowest BCUT2D eigenvalue weighted by molar-refractivity contribution is -0.153. The molecule has 0 atom stereocenters. The Bertz CT molecular complexity index is 1050. The summed E-state index contributed by atoms with van der Waals surface area (Å²) in [4.78, 5) is 28.9. The lowest BCUT2D eigenvalue weighted by atomic mass is 9.56. The van der Waals surface area contributed by atoms with E-state index in [0.29, 0.717) is 17.7 Å². The number of fused-ring (bicyclic) bond motifs is 4. The molecule has 37 heavy (non-hydrogen) atoms. The summed E-state index contributed by atoms with van der Waals surface area (Å²) in [5, 5.41) is 3.49. The first-order valence-electron chi connectivity index (χ1n) is 13.1. The van der Waals surface area contributed by atoms with Gasteiger partial charge in [0, 0.05) is 42.3 Å². The van der Waals surface area contributed by atoms with Gasteiger partial charge in [-0.3, -0.25) is 4.79 Å². The van der Waals surface area contributed by atoms with Crippen LogP contribution in [-0.2, 0) is 24.1 Å². The van der Waals surface area contributed by atoms with E-state index in [0.717, 1.165) is 93.6 Å². The predicted molar refractivity (Wildman–Crippen MR) is 134 cm³/mol. The van der Waals surface area contributed by atoms with Crippen molar-refractivity contribution in [2.45, 2.75) is 82.8 Å². The van der Waals surface area contributed by atoms with Crippen molar-refractivity contribution in [1.29, 1.82) is 0 Å². The molecule has 2 bridgehead atoms. The number of halogens is 3. The van der Waals surface area contributed by atoms with Crippen molar-refractivity contribution in [2.75, 3.05) is 26.2 Å². The number of carbonyl (C=O) groups excluding carboxylic acids is 1. The number of thiazole rings is 1. The lowest BCUT2D eigenvalue weighted by Crippen LogP contribution is -2.57. The van der Waals surface area contributed by atoms with Gasteiger partial charge in [0.05, 0.1) is 12.1 Å². The molecule has 11 heteroatoms. The molecule has 0 aromatic carbocycles. The van der Waals surface area contributed by atoms with Crippen LogP contribution in [0.15, 0.2) is 12.4 Å². The van der Waals surface area contributed by atoms with Crippen LogP contribution < -0.4 is 10.1 Å². The Morgan fingerprint density at radius 1 is 1.11 bits per heavy atom. The smallest absolute Gasteiger partial charge is 0.422 e. The van der Waals surface area contributed by atoms with Crippen molar-refractivity contribution in [3.63, 3.8) is 0 Å². The quantitative estimate of drug-likeness (QED) is 0.537. The molecule has 0 saturated heterocycles. The fraction of sp³-hybridized carbons (Fsp3) is 0.692. The molecule has 3 aliphatic carbocycles. The number of nitrogens with zero attached hydrogens (tertiary/aromatic N) is 4. The number of rotatable bonds is 8. The standard InChI is InChI=1S/C26H34F3N5O2S/c1-18-30-15-19(16-31-18)14-22(35)33-25-7-4-24(5-8-25,6-9-25)10-13-34-11-2-20-21(3-12-34)37-23(32-20)36-17-26(27,28)29/h15-16H,2-14,17H2,1H3,(H,33,35). The maximum atomic E-state index is 12.7. The van der Waals surface area contributed by atoms with Crippen molar-refractivity contribution in [2.24, 2.45) is 5.41 Å². The number of alkyl halides is 3. The van der Waals surface area contributed by atoms with E-state index in [4.69, 9.17) is 4.74 Å². The van der Waals surface area contributed by atoms with Gasteiger partial charge in [-0.05, 0) is 75.8 Å². The van der Waals surface area contributed by atoms with E-state index < -0.39 is 12.8 Å². The van der Waals surface area contributed by atoms with Crippen LogP contribution in [0.3, 0.4) is 0 Å². The molecule has 3 fully saturated rings. The number of nitrogens with one attached hydrogen (secondary N) is 1. The minimum atomic E-state index is -4.35. The van der Waals surface area contributed by atoms with Crippen molar-refractivity contribution in [3.05, 3.63) is 34.4 Å². The highest BCUT2D eigenvalue weighted by Crippen LogP contribution is 2.54. The highest BCUT2D eigenvalue weighted by molar-refractivity contribution is 7.13. The molecule has 0 unspecified atom stereocenters. The molecule has 1 N–H and O–H groups in total. The molecule has 202 valence electrons. The third-order valence-electron chi connectivity index (χ3n) is 8.40. The molecule has 0 spiro atoms. The summed E-state index contributed by atoms with van der Waals surface area (Å²) in [5.74, 6) is 0.759. The van der Waals surface area contributed by atoms with Gasteiger partial charge in [-0.15, -0.1) is 0 Å². The van der Waals surface area contributed by atoms with Gasteiger partial charge in [0.2, 0.25) is 5.91 Å². The zero-order valence-electron chi connectivity index (χ0n) is 21.2. The highest BCUT2D eigenvalue weighted by atomic mass is 32.1. The number of ether oxygens (including phenoxy) is 1. The molecule has 2 aromatic rings. The van der Waals surface area contributed by atoms with Crippen molar-refractivity contribution in [1.82, 2.24) is 25.2 Å². The molecule has 7 nitrogen and oxygen atoms in total. The molecular formula is C26H34F3N5O2S. The molecule has 3 saturated carbocycles. The largest absolute Gasteiger partial charge is 0.460 e. The van der Waals surface area contributed by atoms with E-state index in [2.05, 4.69) is 25.2 Å². The fourth-order valence-corrected chi connectivity index (χ4v) is 7.02. The van der Waals surface area contributed by atoms with E-state index >= 15 is 0 Å². The maximum absolute atomic E-state index is 12.7. The van der Waals surface area contributed by atoms with Crippen LogP contribution in [0, 0.1) is 12.3 Å². The van der Waals surface area contributed by atoms with E-state index in [1.54, 1.807) is 12.4 Å². The number of carbonyl (C=O) groups is 1.